The third kappa shape index (κ3) is 2.40. The normalized spacial score (nSPS) is 20.0. The van der Waals surface area contributed by atoms with Crippen molar-refractivity contribution in [2.75, 3.05) is 6.61 Å². The van der Waals surface area contributed by atoms with Crippen LogP contribution in [0.5, 0.6) is 0 Å². The number of carbonyl (C=O) groups excluding carboxylic acids is 1. The molecule has 0 heterocycles. The summed E-state index contributed by atoms with van der Waals surface area (Å²) in [5, 5.41) is 0. The molecule has 0 bridgehead atoms. The number of esters is 1. The Balaban J connectivity index is 2.16. The molecule has 0 saturated heterocycles. The molecule has 1 aliphatic carbocycles. The first-order valence-electron chi connectivity index (χ1n) is 3.17. The van der Waals surface area contributed by atoms with E-state index in [9.17, 15) is 18.0 Å². The van der Waals surface area contributed by atoms with E-state index in [1.54, 1.807) is 0 Å². The van der Waals surface area contributed by atoms with Crippen LogP contribution in [0, 0.1) is 0 Å². The van der Waals surface area contributed by atoms with Crippen molar-refractivity contribution in [1.29, 1.82) is 0 Å². The van der Waals surface area contributed by atoms with E-state index in [0.717, 1.165) is 0 Å². The average Bonchev–Trinajstić information content (AvgIpc) is 2.64. The largest absolute Gasteiger partial charge is 0.458 e. The van der Waals surface area contributed by atoms with Crippen molar-refractivity contribution in [3.63, 3.8) is 0 Å². The number of hydrogen-bond donors (Lipinski definition) is 0. The zero-order valence-electron chi connectivity index (χ0n) is 5.65. The predicted molar refractivity (Wildman–Crippen MR) is 30.0 cm³/mol. The zero-order valence-corrected chi connectivity index (χ0v) is 5.65. The Morgan fingerprint density at radius 1 is 1.55 bits per heavy atom. The maximum atomic E-state index is 12.6. The van der Waals surface area contributed by atoms with Crippen LogP contribution in [-0.2, 0) is 9.53 Å². The lowest BCUT2D eigenvalue weighted by atomic mass is 10.4. The van der Waals surface area contributed by atoms with Gasteiger partial charge in [-0.25, -0.2) is 9.18 Å². The average molecular weight is 168 g/mol. The van der Waals surface area contributed by atoms with Crippen LogP contribution in [0.25, 0.3) is 0 Å². The van der Waals surface area contributed by atoms with Crippen LogP contribution in [-0.4, -0.2) is 24.7 Å². The third-order valence-corrected chi connectivity index (χ3v) is 1.44. The topological polar surface area (TPSA) is 26.3 Å². The Morgan fingerprint density at radius 2 is 2.09 bits per heavy atom. The summed E-state index contributed by atoms with van der Waals surface area (Å²) in [5.74, 6) is -1.64. The lowest BCUT2D eigenvalue weighted by Gasteiger charge is -2.05. The molecule has 11 heavy (non-hydrogen) atoms. The third-order valence-electron chi connectivity index (χ3n) is 1.44. The first-order valence-corrected chi connectivity index (χ1v) is 3.17. The molecule has 5 heteroatoms. The molecule has 0 aromatic rings. The molecular formula is C6H7F3O2. The van der Waals surface area contributed by atoms with E-state index in [2.05, 4.69) is 4.74 Å². The van der Waals surface area contributed by atoms with Crippen LogP contribution in [0.4, 0.5) is 13.2 Å². The van der Waals surface area contributed by atoms with Crippen LogP contribution < -0.4 is 0 Å². The quantitative estimate of drug-likeness (QED) is 0.593. The van der Waals surface area contributed by atoms with Gasteiger partial charge in [-0.3, -0.25) is 0 Å². The highest BCUT2D eigenvalue weighted by Gasteiger charge is 2.45. The van der Waals surface area contributed by atoms with Crippen molar-refractivity contribution >= 4 is 5.97 Å². The van der Waals surface area contributed by atoms with Gasteiger partial charge in [-0.15, -0.1) is 0 Å². The summed E-state index contributed by atoms with van der Waals surface area (Å²) >= 11 is 0. The molecule has 2 nitrogen and oxygen atoms in total. The summed E-state index contributed by atoms with van der Waals surface area (Å²) in [5.41, 5.74) is -1.51. The van der Waals surface area contributed by atoms with Gasteiger partial charge in [-0.2, -0.15) is 8.78 Å². The van der Waals surface area contributed by atoms with E-state index >= 15 is 0 Å². The molecule has 1 fully saturated rings. The van der Waals surface area contributed by atoms with E-state index in [1.807, 2.05) is 0 Å². The summed E-state index contributed by atoms with van der Waals surface area (Å²) < 4.78 is 39.4. The van der Waals surface area contributed by atoms with Crippen LogP contribution in [0.2, 0.25) is 0 Å². The SMILES string of the molecule is O=C(OCC1(F)CC1)C(F)F. The minimum atomic E-state index is -3.16. The van der Waals surface area contributed by atoms with Gasteiger partial charge in [0, 0.05) is 0 Å². The van der Waals surface area contributed by atoms with E-state index in [4.69, 9.17) is 0 Å². The minimum absolute atomic E-state index is 0.295. The Bertz CT molecular complexity index is 165. The minimum Gasteiger partial charge on any atom is -0.458 e. The van der Waals surface area contributed by atoms with Gasteiger partial charge in [-0.05, 0) is 12.8 Å². The fourth-order valence-electron chi connectivity index (χ4n) is 0.543. The molecule has 0 unspecified atom stereocenters. The molecular weight excluding hydrogens is 161 g/mol. The van der Waals surface area contributed by atoms with Gasteiger partial charge in [-0.1, -0.05) is 0 Å². The van der Waals surface area contributed by atoms with Crippen molar-refractivity contribution in [3.8, 4) is 0 Å². The molecule has 0 spiro atoms. The summed E-state index contributed by atoms with van der Waals surface area (Å²) in [6, 6.07) is 0. The van der Waals surface area contributed by atoms with E-state index in [-0.39, 0.29) is 0 Å². The van der Waals surface area contributed by atoms with Crippen LogP contribution in [0.15, 0.2) is 0 Å². The molecule has 0 amide bonds. The highest BCUT2D eigenvalue weighted by Crippen LogP contribution is 2.39. The summed E-state index contributed by atoms with van der Waals surface area (Å²) in [6.07, 6.45) is -2.56. The van der Waals surface area contributed by atoms with Crippen molar-refractivity contribution in [2.45, 2.75) is 24.9 Å². The maximum Gasteiger partial charge on any atom is 0.373 e. The molecule has 0 aromatic heterocycles. The Labute approximate surface area is 61.3 Å². The van der Waals surface area contributed by atoms with Crippen molar-refractivity contribution in [2.24, 2.45) is 0 Å². The number of halogens is 3. The van der Waals surface area contributed by atoms with Gasteiger partial charge in [0.1, 0.15) is 12.3 Å². The zero-order chi connectivity index (χ0) is 8.48. The predicted octanol–water partition coefficient (Wildman–Crippen LogP) is 1.30. The molecule has 0 aliphatic heterocycles. The van der Waals surface area contributed by atoms with Crippen LogP contribution >= 0.6 is 0 Å². The van der Waals surface area contributed by atoms with E-state index in [1.165, 1.54) is 0 Å². The van der Waals surface area contributed by atoms with Gasteiger partial charge >= 0.3 is 12.4 Å². The number of alkyl halides is 3. The first kappa shape index (κ1) is 8.36. The summed E-state index contributed by atoms with van der Waals surface area (Å²) in [7, 11) is 0. The highest BCUT2D eigenvalue weighted by molar-refractivity contribution is 5.72. The molecule has 0 aromatic carbocycles. The fraction of sp³-hybridized carbons (Fsp3) is 0.833. The second-order valence-corrected chi connectivity index (χ2v) is 2.56. The second kappa shape index (κ2) is 2.71. The molecule has 0 atom stereocenters. The second-order valence-electron chi connectivity index (χ2n) is 2.56. The van der Waals surface area contributed by atoms with Gasteiger partial charge in [0.15, 0.2) is 0 Å². The van der Waals surface area contributed by atoms with Crippen LogP contribution in [0.3, 0.4) is 0 Å². The van der Waals surface area contributed by atoms with Crippen molar-refractivity contribution in [1.82, 2.24) is 0 Å². The number of rotatable bonds is 3. The monoisotopic (exact) mass is 168 g/mol. The smallest absolute Gasteiger partial charge is 0.373 e. The molecule has 0 N–H and O–H groups in total. The standard InChI is InChI=1S/C6H7F3O2/c7-4(8)5(10)11-3-6(9)1-2-6/h4H,1-3H2. The lowest BCUT2D eigenvalue weighted by molar-refractivity contribution is -0.158. The van der Waals surface area contributed by atoms with Gasteiger partial charge in [0.25, 0.3) is 0 Å². The van der Waals surface area contributed by atoms with E-state index < -0.39 is 24.7 Å². The molecule has 64 valence electrons. The Hall–Kier alpha value is -0.740. The van der Waals surface area contributed by atoms with Crippen molar-refractivity contribution in [3.05, 3.63) is 0 Å². The first-order chi connectivity index (χ1) is 5.03. The molecule has 1 aliphatic rings. The summed E-state index contributed by atoms with van der Waals surface area (Å²) in [4.78, 5) is 10.1. The number of ether oxygens (including phenoxy) is 1. The Kier molecular flexibility index (Phi) is 2.06. The van der Waals surface area contributed by atoms with Gasteiger partial charge < -0.3 is 4.74 Å². The van der Waals surface area contributed by atoms with Crippen molar-refractivity contribution < 1.29 is 22.7 Å². The fourth-order valence-corrected chi connectivity index (χ4v) is 0.543. The van der Waals surface area contributed by atoms with Gasteiger partial charge in [0.2, 0.25) is 0 Å². The van der Waals surface area contributed by atoms with E-state index in [0.29, 0.717) is 12.8 Å². The lowest BCUT2D eigenvalue weighted by Crippen LogP contribution is -2.20. The van der Waals surface area contributed by atoms with Crippen LogP contribution in [0.1, 0.15) is 12.8 Å². The summed E-state index contributed by atoms with van der Waals surface area (Å²) in [6.45, 7) is -0.532. The molecule has 0 radical (unpaired) electrons. The molecule has 1 saturated carbocycles. The Morgan fingerprint density at radius 3 is 2.45 bits per heavy atom. The highest BCUT2D eigenvalue weighted by atomic mass is 19.3. The van der Waals surface area contributed by atoms with Gasteiger partial charge in [0.05, 0.1) is 0 Å². The molecule has 1 rings (SSSR count). The number of carbonyl (C=O) groups is 1. The number of hydrogen-bond acceptors (Lipinski definition) is 2. The maximum absolute atomic E-state index is 12.6.